The van der Waals surface area contributed by atoms with Crippen molar-refractivity contribution >= 4 is 0 Å². The van der Waals surface area contributed by atoms with Crippen molar-refractivity contribution in [2.45, 2.75) is 25.8 Å². The lowest BCUT2D eigenvalue weighted by Gasteiger charge is -2.30. The van der Waals surface area contributed by atoms with E-state index >= 15 is 0 Å². The molecule has 1 aliphatic rings. The van der Waals surface area contributed by atoms with Gasteiger partial charge in [-0.2, -0.15) is 5.10 Å². The van der Waals surface area contributed by atoms with Crippen molar-refractivity contribution < 1.29 is 4.74 Å². The summed E-state index contributed by atoms with van der Waals surface area (Å²) < 4.78 is 7.41. The van der Waals surface area contributed by atoms with E-state index in [1.807, 2.05) is 25.7 Å². The molecule has 0 amide bonds. The van der Waals surface area contributed by atoms with Crippen molar-refractivity contribution in [2.24, 2.45) is 13.0 Å². The minimum absolute atomic E-state index is 0.398. The molecule has 4 nitrogen and oxygen atoms in total. The quantitative estimate of drug-likeness (QED) is 0.842. The highest BCUT2D eigenvalue weighted by Gasteiger charge is 2.26. The van der Waals surface area contributed by atoms with Crippen LogP contribution in [0.5, 0.6) is 0 Å². The molecule has 0 saturated carbocycles. The number of ether oxygens (including phenoxy) is 1. The van der Waals surface area contributed by atoms with Gasteiger partial charge in [0.1, 0.15) is 0 Å². The van der Waals surface area contributed by atoms with Crippen LogP contribution in [0.15, 0.2) is 6.07 Å². The second-order valence-electron chi connectivity index (χ2n) is 4.55. The molecule has 1 atom stereocenters. The van der Waals surface area contributed by atoms with E-state index in [-0.39, 0.29) is 0 Å². The maximum Gasteiger partial charge on any atom is 0.0597 e. The summed E-state index contributed by atoms with van der Waals surface area (Å²) in [6, 6.07) is 2.58. The van der Waals surface area contributed by atoms with Crippen LogP contribution >= 0.6 is 0 Å². The summed E-state index contributed by atoms with van der Waals surface area (Å²) in [7, 11) is 4.05. The first-order chi connectivity index (χ1) is 7.72. The molecule has 1 aromatic rings. The molecule has 4 heteroatoms. The fourth-order valence-corrected chi connectivity index (χ4v) is 2.60. The average molecular weight is 223 g/mol. The van der Waals surface area contributed by atoms with Gasteiger partial charge in [0.15, 0.2) is 0 Å². The Bertz CT molecular complexity index is 342. The van der Waals surface area contributed by atoms with Gasteiger partial charge in [-0.3, -0.25) is 4.68 Å². The molecule has 1 N–H and O–H groups in total. The van der Waals surface area contributed by atoms with Crippen LogP contribution in [0.4, 0.5) is 0 Å². The molecule has 1 aromatic heterocycles. The zero-order valence-corrected chi connectivity index (χ0v) is 10.4. The van der Waals surface area contributed by atoms with Crippen molar-refractivity contribution in [3.8, 4) is 0 Å². The van der Waals surface area contributed by atoms with E-state index in [2.05, 4.69) is 16.5 Å². The van der Waals surface area contributed by atoms with E-state index in [1.54, 1.807) is 0 Å². The van der Waals surface area contributed by atoms with Gasteiger partial charge in [0.2, 0.25) is 0 Å². The topological polar surface area (TPSA) is 39.1 Å². The van der Waals surface area contributed by atoms with Crippen LogP contribution in [0, 0.1) is 12.8 Å². The minimum Gasteiger partial charge on any atom is -0.381 e. The van der Waals surface area contributed by atoms with Crippen LogP contribution in [0.1, 0.15) is 30.3 Å². The molecule has 0 bridgehead atoms. The van der Waals surface area contributed by atoms with E-state index in [9.17, 15) is 0 Å². The number of rotatable bonds is 3. The first kappa shape index (κ1) is 11.6. The van der Waals surface area contributed by atoms with Gasteiger partial charge >= 0.3 is 0 Å². The summed E-state index contributed by atoms with van der Waals surface area (Å²) in [5.74, 6) is 0.661. The third-order valence-electron chi connectivity index (χ3n) is 3.41. The Labute approximate surface area is 97.0 Å². The van der Waals surface area contributed by atoms with E-state index in [1.165, 1.54) is 5.69 Å². The molecule has 0 aliphatic carbocycles. The van der Waals surface area contributed by atoms with Crippen LogP contribution in [0.2, 0.25) is 0 Å². The first-order valence-electron chi connectivity index (χ1n) is 5.98. The van der Waals surface area contributed by atoms with Gasteiger partial charge in [0.25, 0.3) is 0 Å². The fraction of sp³-hybridized carbons (Fsp3) is 0.750. The van der Waals surface area contributed by atoms with Crippen LogP contribution in [0.3, 0.4) is 0 Å². The molecular formula is C12H21N3O. The summed E-state index contributed by atoms with van der Waals surface area (Å²) in [6.07, 6.45) is 2.27. The number of nitrogens with zero attached hydrogens (tertiary/aromatic N) is 2. The Morgan fingerprint density at radius 3 is 2.69 bits per heavy atom. The summed E-state index contributed by atoms with van der Waals surface area (Å²) in [5, 5.41) is 7.85. The van der Waals surface area contributed by atoms with Crippen LogP contribution < -0.4 is 5.32 Å². The van der Waals surface area contributed by atoms with Crippen LogP contribution in [-0.2, 0) is 11.8 Å². The number of aryl methyl sites for hydroxylation is 2. The lowest BCUT2D eigenvalue weighted by molar-refractivity contribution is 0.0536. The van der Waals surface area contributed by atoms with Gasteiger partial charge < -0.3 is 10.1 Å². The van der Waals surface area contributed by atoms with Gasteiger partial charge in [-0.05, 0) is 38.8 Å². The largest absolute Gasteiger partial charge is 0.381 e. The van der Waals surface area contributed by atoms with Gasteiger partial charge in [0, 0.05) is 20.3 Å². The second kappa shape index (κ2) is 4.97. The molecular weight excluding hydrogens is 202 g/mol. The molecule has 0 spiro atoms. The smallest absolute Gasteiger partial charge is 0.0597 e. The zero-order chi connectivity index (χ0) is 11.5. The number of hydrogen-bond donors (Lipinski definition) is 1. The molecule has 90 valence electrons. The molecule has 2 heterocycles. The maximum atomic E-state index is 5.42. The summed E-state index contributed by atoms with van der Waals surface area (Å²) in [6.45, 7) is 3.82. The molecule has 1 aliphatic heterocycles. The third kappa shape index (κ3) is 2.28. The summed E-state index contributed by atoms with van der Waals surface area (Å²) >= 11 is 0. The normalized spacial score (nSPS) is 19.9. The Morgan fingerprint density at radius 2 is 2.19 bits per heavy atom. The minimum atomic E-state index is 0.398. The first-order valence-corrected chi connectivity index (χ1v) is 5.98. The fourth-order valence-electron chi connectivity index (χ4n) is 2.60. The summed E-state index contributed by atoms with van der Waals surface area (Å²) in [5.41, 5.74) is 2.37. The summed E-state index contributed by atoms with van der Waals surface area (Å²) in [4.78, 5) is 0. The molecule has 16 heavy (non-hydrogen) atoms. The highest BCUT2D eigenvalue weighted by molar-refractivity contribution is 5.14. The van der Waals surface area contributed by atoms with Crippen molar-refractivity contribution in [3.05, 3.63) is 17.5 Å². The molecule has 0 radical (unpaired) electrons. The third-order valence-corrected chi connectivity index (χ3v) is 3.41. The number of aromatic nitrogens is 2. The highest BCUT2D eigenvalue weighted by Crippen LogP contribution is 2.29. The van der Waals surface area contributed by atoms with Crippen molar-refractivity contribution in [2.75, 3.05) is 20.3 Å². The highest BCUT2D eigenvalue weighted by atomic mass is 16.5. The van der Waals surface area contributed by atoms with Crippen molar-refractivity contribution in [1.29, 1.82) is 0 Å². The Kier molecular flexibility index (Phi) is 3.61. The Balaban J connectivity index is 2.17. The lowest BCUT2D eigenvalue weighted by Crippen LogP contribution is -2.31. The Hall–Kier alpha value is -0.870. The van der Waals surface area contributed by atoms with Crippen molar-refractivity contribution in [3.63, 3.8) is 0 Å². The Morgan fingerprint density at radius 1 is 1.50 bits per heavy atom. The standard InChI is InChI=1S/C12H21N3O/c1-9-8-11(15(3)14-9)12(13-2)10-4-6-16-7-5-10/h8,10,12-13H,4-7H2,1-3H3. The molecule has 1 unspecified atom stereocenters. The van der Waals surface area contributed by atoms with E-state index < -0.39 is 0 Å². The lowest BCUT2D eigenvalue weighted by atomic mass is 9.89. The number of nitrogens with one attached hydrogen (secondary N) is 1. The van der Waals surface area contributed by atoms with Gasteiger partial charge in [-0.1, -0.05) is 0 Å². The van der Waals surface area contributed by atoms with Crippen LogP contribution in [-0.4, -0.2) is 30.0 Å². The van der Waals surface area contributed by atoms with E-state index in [4.69, 9.17) is 4.74 Å². The molecule has 1 fully saturated rings. The SMILES string of the molecule is CNC(c1cc(C)nn1C)C1CCOCC1. The van der Waals surface area contributed by atoms with E-state index in [0.29, 0.717) is 12.0 Å². The molecule has 2 rings (SSSR count). The monoisotopic (exact) mass is 223 g/mol. The second-order valence-corrected chi connectivity index (χ2v) is 4.55. The zero-order valence-electron chi connectivity index (χ0n) is 10.4. The van der Waals surface area contributed by atoms with Gasteiger partial charge in [0.05, 0.1) is 17.4 Å². The molecule has 0 aromatic carbocycles. The predicted octanol–water partition coefficient (Wildman–Crippen LogP) is 1.42. The maximum absolute atomic E-state index is 5.42. The number of hydrogen-bond acceptors (Lipinski definition) is 3. The average Bonchev–Trinajstić information content (AvgIpc) is 2.61. The van der Waals surface area contributed by atoms with Gasteiger partial charge in [-0.25, -0.2) is 0 Å². The predicted molar refractivity (Wildman–Crippen MR) is 63.3 cm³/mol. The van der Waals surface area contributed by atoms with Crippen LogP contribution in [0.25, 0.3) is 0 Å². The van der Waals surface area contributed by atoms with Gasteiger partial charge in [-0.15, -0.1) is 0 Å². The van der Waals surface area contributed by atoms with E-state index in [0.717, 1.165) is 31.7 Å². The van der Waals surface area contributed by atoms with Crippen molar-refractivity contribution in [1.82, 2.24) is 15.1 Å². The molecule has 1 saturated heterocycles.